The van der Waals surface area contributed by atoms with Crippen molar-refractivity contribution < 1.29 is 4.74 Å². The number of hydrogen-bond acceptors (Lipinski definition) is 3. The van der Waals surface area contributed by atoms with Gasteiger partial charge in [0.25, 0.3) is 0 Å². The Morgan fingerprint density at radius 2 is 1.93 bits per heavy atom. The van der Waals surface area contributed by atoms with E-state index in [0.717, 1.165) is 29.5 Å². The zero-order valence-corrected chi connectivity index (χ0v) is 16.3. The van der Waals surface area contributed by atoms with Gasteiger partial charge < -0.3 is 4.74 Å². The molecule has 5 rings (SSSR count). The summed E-state index contributed by atoms with van der Waals surface area (Å²) < 4.78 is 5.98. The summed E-state index contributed by atoms with van der Waals surface area (Å²) >= 11 is 0. The molecule has 0 amide bonds. The zero-order valence-electron chi connectivity index (χ0n) is 16.3. The Morgan fingerprint density at radius 3 is 2.67 bits per heavy atom. The van der Waals surface area contributed by atoms with Gasteiger partial charge >= 0.3 is 0 Å². The first-order valence-electron chi connectivity index (χ1n) is 10.1. The SMILES string of the molecule is CCOc1ccc(-c2cccc(C3(C)C=CC(C)=N3)n2)c2c1C1CCC2C1. The molecule has 1 fully saturated rings. The van der Waals surface area contributed by atoms with Gasteiger partial charge in [-0.25, -0.2) is 4.98 Å². The minimum Gasteiger partial charge on any atom is -0.494 e. The van der Waals surface area contributed by atoms with Crippen LogP contribution in [0.25, 0.3) is 11.3 Å². The number of allylic oxidation sites excluding steroid dienone is 1. The lowest BCUT2D eigenvalue weighted by Gasteiger charge is -2.23. The van der Waals surface area contributed by atoms with E-state index in [-0.39, 0.29) is 5.54 Å². The minimum atomic E-state index is -0.354. The van der Waals surface area contributed by atoms with E-state index >= 15 is 0 Å². The molecule has 1 aliphatic heterocycles. The summed E-state index contributed by atoms with van der Waals surface area (Å²) in [5, 5.41) is 0. The van der Waals surface area contributed by atoms with Crippen LogP contribution in [0.2, 0.25) is 0 Å². The highest BCUT2D eigenvalue weighted by atomic mass is 16.5. The fraction of sp³-hybridized carbons (Fsp3) is 0.417. The number of benzene rings is 1. The third-order valence-corrected chi connectivity index (χ3v) is 6.40. The summed E-state index contributed by atoms with van der Waals surface area (Å²) in [5.74, 6) is 2.41. The first-order valence-corrected chi connectivity index (χ1v) is 10.1. The van der Waals surface area contributed by atoms with Crippen molar-refractivity contribution in [3.05, 3.63) is 59.3 Å². The van der Waals surface area contributed by atoms with Crippen LogP contribution in [0.1, 0.15) is 68.7 Å². The van der Waals surface area contributed by atoms with Gasteiger partial charge in [0.1, 0.15) is 11.3 Å². The number of pyridine rings is 1. The van der Waals surface area contributed by atoms with Crippen molar-refractivity contribution in [3.63, 3.8) is 0 Å². The zero-order chi connectivity index (χ0) is 18.6. The third-order valence-electron chi connectivity index (χ3n) is 6.40. The van der Waals surface area contributed by atoms with Gasteiger partial charge in [0, 0.05) is 16.8 Å². The van der Waals surface area contributed by atoms with Gasteiger partial charge in [0.2, 0.25) is 0 Å². The van der Waals surface area contributed by atoms with E-state index in [0.29, 0.717) is 11.8 Å². The number of ether oxygens (including phenoxy) is 1. The summed E-state index contributed by atoms with van der Waals surface area (Å²) in [7, 11) is 0. The lowest BCUT2D eigenvalue weighted by Crippen LogP contribution is -2.16. The van der Waals surface area contributed by atoms with Gasteiger partial charge in [-0.2, -0.15) is 0 Å². The predicted molar refractivity (Wildman–Crippen MR) is 110 cm³/mol. The second-order valence-electron chi connectivity index (χ2n) is 8.22. The molecule has 0 radical (unpaired) electrons. The van der Waals surface area contributed by atoms with E-state index in [4.69, 9.17) is 14.7 Å². The van der Waals surface area contributed by atoms with Crippen molar-refractivity contribution in [1.82, 2.24) is 4.98 Å². The Morgan fingerprint density at radius 1 is 1.11 bits per heavy atom. The molecule has 0 saturated heterocycles. The monoisotopic (exact) mass is 358 g/mol. The molecule has 0 spiro atoms. The van der Waals surface area contributed by atoms with Gasteiger partial charge in [0.05, 0.1) is 18.0 Å². The molecule has 3 unspecified atom stereocenters. The number of rotatable bonds is 4. The molecule has 1 saturated carbocycles. The van der Waals surface area contributed by atoms with Crippen molar-refractivity contribution in [3.8, 4) is 17.0 Å². The Hall–Kier alpha value is -2.42. The summed E-state index contributed by atoms with van der Waals surface area (Å²) in [6, 6.07) is 10.7. The van der Waals surface area contributed by atoms with Crippen molar-refractivity contribution in [2.45, 2.75) is 57.4 Å². The first-order chi connectivity index (χ1) is 13.1. The molecule has 0 N–H and O–H groups in total. The van der Waals surface area contributed by atoms with Crippen LogP contribution >= 0.6 is 0 Å². The van der Waals surface area contributed by atoms with E-state index in [1.807, 2.05) is 6.92 Å². The number of fused-ring (bicyclic) bond motifs is 5. The maximum absolute atomic E-state index is 5.98. The van der Waals surface area contributed by atoms with Gasteiger partial charge in [-0.15, -0.1) is 0 Å². The fourth-order valence-electron chi connectivity index (χ4n) is 5.22. The molecule has 2 aliphatic carbocycles. The maximum Gasteiger partial charge on any atom is 0.123 e. The predicted octanol–water partition coefficient (Wildman–Crippen LogP) is 5.76. The molecule has 1 aromatic carbocycles. The van der Waals surface area contributed by atoms with E-state index in [1.165, 1.54) is 36.0 Å². The minimum absolute atomic E-state index is 0.354. The maximum atomic E-state index is 5.98. The topological polar surface area (TPSA) is 34.5 Å². The van der Waals surface area contributed by atoms with Crippen molar-refractivity contribution in [2.24, 2.45) is 4.99 Å². The van der Waals surface area contributed by atoms with Crippen LogP contribution in [0.15, 0.2) is 47.5 Å². The first kappa shape index (κ1) is 16.7. The van der Waals surface area contributed by atoms with Crippen LogP contribution in [-0.2, 0) is 5.54 Å². The molecule has 3 heteroatoms. The number of aromatic nitrogens is 1. The number of aliphatic imine (C=N–C) groups is 1. The molecule has 2 heterocycles. The van der Waals surface area contributed by atoms with E-state index in [2.05, 4.69) is 56.3 Å². The van der Waals surface area contributed by atoms with Crippen molar-refractivity contribution >= 4 is 5.71 Å². The molecule has 2 bridgehead atoms. The molecule has 138 valence electrons. The smallest absolute Gasteiger partial charge is 0.123 e. The Labute approximate surface area is 161 Å². The summed E-state index contributed by atoms with van der Waals surface area (Å²) in [5.41, 5.74) is 7.02. The van der Waals surface area contributed by atoms with E-state index in [9.17, 15) is 0 Å². The molecule has 3 atom stereocenters. The standard InChI is InChI=1S/C24H26N2O/c1-4-27-20-11-10-18(22-16-8-9-17(14-16)23(20)22)19-6-5-7-21(25-19)24(3)13-12-15(2)26-24/h5-7,10-13,16-17H,4,8-9,14H2,1-3H3. The van der Waals surface area contributed by atoms with Crippen LogP contribution in [0.5, 0.6) is 5.75 Å². The molecule has 27 heavy (non-hydrogen) atoms. The van der Waals surface area contributed by atoms with Crippen LogP contribution in [0.4, 0.5) is 0 Å². The molecule has 3 nitrogen and oxygen atoms in total. The highest BCUT2D eigenvalue weighted by Crippen LogP contribution is 2.58. The Kier molecular flexibility index (Phi) is 3.75. The fourth-order valence-corrected chi connectivity index (χ4v) is 5.22. The Bertz CT molecular complexity index is 974. The van der Waals surface area contributed by atoms with Crippen LogP contribution < -0.4 is 4.74 Å². The molecule has 2 aromatic rings. The Balaban J connectivity index is 1.63. The summed E-state index contributed by atoms with van der Waals surface area (Å²) in [6.45, 7) is 6.97. The van der Waals surface area contributed by atoms with Crippen LogP contribution in [0, 0.1) is 0 Å². The van der Waals surface area contributed by atoms with E-state index < -0.39 is 0 Å². The van der Waals surface area contributed by atoms with Crippen molar-refractivity contribution in [2.75, 3.05) is 6.61 Å². The van der Waals surface area contributed by atoms with Gasteiger partial charge in [0.15, 0.2) is 0 Å². The summed E-state index contributed by atoms with van der Waals surface area (Å²) in [4.78, 5) is 9.87. The highest BCUT2D eigenvalue weighted by molar-refractivity contribution is 5.95. The molecule has 1 aromatic heterocycles. The number of nitrogens with zero attached hydrogens (tertiary/aromatic N) is 2. The average molecular weight is 358 g/mol. The quantitative estimate of drug-likeness (QED) is 0.696. The van der Waals surface area contributed by atoms with Crippen molar-refractivity contribution in [1.29, 1.82) is 0 Å². The number of hydrogen-bond donors (Lipinski definition) is 0. The van der Waals surface area contributed by atoms with E-state index in [1.54, 1.807) is 0 Å². The average Bonchev–Trinajstić information content (AvgIpc) is 3.38. The largest absolute Gasteiger partial charge is 0.494 e. The third kappa shape index (κ3) is 2.55. The van der Waals surface area contributed by atoms with Crippen LogP contribution in [-0.4, -0.2) is 17.3 Å². The lowest BCUT2D eigenvalue weighted by atomic mass is 9.86. The lowest BCUT2D eigenvalue weighted by molar-refractivity contribution is 0.334. The van der Waals surface area contributed by atoms with Gasteiger partial charge in [-0.05, 0) is 93.9 Å². The second kappa shape index (κ2) is 6.05. The highest BCUT2D eigenvalue weighted by Gasteiger charge is 2.41. The van der Waals surface area contributed by atoms with Crippen LogP contribution in [0.3, 0.4) is 0 Å². The normalized spacial score (nSPS) is 27.7. The molecule has 3 aliphatic rings. The molecular formula is C24H26N2O. The summed E-state index contributed by atoms with van der Waals surface area (Å²) in [6.07, 6.45) is 8.10. The van der Waals surface area contributed by atoms with Gasteiger partial charge in [-0.3, -0.25) is 4.99 Å². The molecular weight excluding hydrogens is 332 g/mol. The second-order valence-corrected chi connectivity index (χ2v) is 8.22. The van der Waals surface area contributed by atoms with Gasteiger partial charge in [-0.1, -0.05) is 6.07 Å².